The molecule has 6 heteroatoms. The molecule has 4 fully saturated rings. The predicted octanol–water partition coefficient (Wildman–Crippen LogP) is 6.73. The zero-order valence-corrected chi connectivity index (χ0v) is 25.1. The summed E-state index contributed by atoms with van der Waals surface area (Å²) >= 11 is 0. The first-order valence-corrected chi connectivity index (χ1v) is 15.2. The summed E-state index contributed by atoms with van der Waals surface area (Å²) in [5, 5.41) is 0. The highest BCUT2D eigenvalue weighted by Crippen LogP contribution is 2.69. The maximum Gasteiger partial charge on any atom is 0.308 e. The lowest BCUT2D eigenvalue weighted by Crippen LogP contribution is -2.59. The fourth-order valence-corrected chi connectivity index (χ4v) is 9.83. The van der Waals surface area contributed by atoms with Gasteiger partial charge in [-0.25, -0.2) is 0 Å². The number of fused-ring (bicyclic) bond motifs is 5. The van der Waals surface area contributed by atoms with E-state index in [0.717, 1.165) is 38.5 Å². The Morgan fingerprint density at radius 1 is 0.947 bits per heavy atom. The van der Waals surface area contributed by atoms with Gasteiger partial charge in [0.25, 0.3) is 0 Å². The standard InChI is InChI=1S/C32H52O6/c1-19(9-12-27(34)38-30(3,4)5)23-10-11-24-28-25(14-16-32(23,24)7)31(6)15-13-21(29(35)36-8)17-22(31)18-26(28)37-20(2)33/h19,21-26,28H,9-18H2,1-8H3. The van der Waals surface area contributed by atoms with E-state index < -0.39 is 5.60 Å². The van der Waals surface area contributed by atoms with Gasteiger partial charge in [0.1, 0.15) is 11.7 Å². The van der Waals surface area contributed by atoms with Crippen molar-refractivity contribution in [2.45, 2.75) is 124 Å². The first-order valence-electron chi connectivity index (χ1n) is 15.2. The molecule has 4 aliphatic carbocycles. The maximum atomic E-state index is 12.4. The monoisotopic (exact) mass is 532 g/mol. The van der Waals surface area contributed by atoms with Crippen molar-refractivity contribution in [1.29, 1.82) is 0 Å². The van der Waals surface area contributed by atoms with E-state index >= 15 is 0 Å². The molecule has 0 bridgehead atoms. The number of methoxy groups -OCH3 is 1. The molecular weight excluding hydrogens is 480 g/mol. The van der Waals surface area contributed by atoms with E-state index in [2.05, 4.69) is 20.8 Å². The van der Waals surface area contributed by atoms with Crippen LogP contribution >= 0.6 is 0 Å². The lowest BCUT2D eigenvalue weighted by molar-refractivity contribution is -0.194. The fraction of sp³-hybridized carbons (Fsp3) is 0.906. The normalized spacial score (nSPS) is 41.2. The molecule has 10 atom stereocenters. The first kappa shape index (κ1) is 29.4. The second kappa shape index (κ2) is 10.8. The molecule has 0 aromatic heterocycles. The smallest absolute Gasteiger partial charge is 0.308 e. The second-order valence-corrected chi connectivity index (χ2v) is 14.7. The van der Waals surface area contributed by atoms with Crippen molar-refractivity contribution >= 4 is 17.9 Å². The van der Waals surface area contributed by atoms with Crippen molar-refractivity contribution < 1.29 is 28.6 Å². The highest BCUT2D eigenvalue weighted by Gasteiger charge is 2.64. The summed E-state index contributed by atoms with van der Waals surface area (Å²) in [5.41, 5.74) is -0.0767. The largest absolute Gasteiger partial charge is 0.469 e. The average Bonchev–Trinajstić information content (AvgIpc) is 3.18. The lowest BCUT2D eigenvalue weighted by Gasteiger charge is -2.62. The van der Waals surface area contributed by atoms with E-state index in [1.54, 1.807) is 6.92 Å². The molecule has 0 N–H and O–H groups in total. The molecule has 0 aliphatic heterocycles. The molecular formula is C32H52O6. The molecule has 0 heterocycles. The van der Waals surface area contributed by atoms with Crippen LogP contribution in [0.5, 0.6) is 0 Å². The Labute approximate surface area is 230 Å². The van der Waals surface area contributed by atoms with Crippen molar-refractivity contribution in [3.05, 3.63) is 0 Å². The summed E-state index contributed by atoms with van der Waals surface area (Å²) in [6, 6.07) is 0. The Balaban J connectivity index is 1.53. The molecule has 4 rings (SSSR count). The van der Waals surface area contributed by atoms with Gasteiger partial charge in [-0.05, 0) is 119 Å². The SMILES string of the molecule is COC(=O)C1CCC2(C)C(C1)CC(OC(C)=O)C1C2CCC2(C)C(C(C)CCC(=O)OC(C)(C)C)CCC12. The van der Waals surface area contributed by atoms with Gasteiger partial charge in [-0.3, -0.25) is 14.4 Å². The van der Waals surface area contributed by atoms with Gasteiger partial charge in [-0.1, -0.05) is 20.8 Å². The van der Waals surface area contributed by atoms with Gasteiger partial charge < -0.3 is 14.2 Å². The van der Waals surface area contributed by atoms with Crippen LogP contribution in [0, 0.1) is 52.3 Å². The van der Waals surface area contributed by atoms with Crippen LogP contribution in [0.3, 0.4) is 0 Å². The van der Waals surface area contributed by atoms with Crippen LogP contribution in [-0.2, 0) is 28.6 Å². The summed E-state index contributed by atoms with van der Waals surface area (Å²) in [4.78, 5) is 37.1. The Morgan fingerprint density at radius 3 is 2.24 bits per heavy atom. The summed E-state index contributed by atoms with van der Waals surface area (Å²) in [5.74, 6) is 2.38. The first-order chi connectivity index (χ1) is 17.7. The van der Waals surface area contributed by atoms with Gasteiger partial charge in [0.05, 0.1) is 13.0 Å². The topological polar surface area (TPSA) is 78.9 Å². The van der Waals surface area contributed by atoms with E-state index in [4.69, 9.17) is 14.2 Å². The zero-order valence-electron chi connectivity index (χ0n) is 25.1. The number of hydrogen-bond donors (Lipinski definition) is 0. The molecule has 6 nitrogen and oxygen atoms in total. The Bertz CT molecular complexity index is 906. The van der Waals surface area contributed by atoms with Crippen LogP contribution in [0.4, 0.5) is 0 Å². The third kappa shape index (κ3) is 5.52. The number of carbonyl (C=O) groups is 3. The van der Waals surface area contributed by atoms with Crippen LogP contribution in [0.15, 0.2) is 0 Å². The van der Waals surface area contributed by atoms with E-state index in [1.165, 1.54) is 26.4 Å². The van der Waals surface area contributed by atoms with Gasteiger partial charge in [0.2, 0.25) is 0 Å². The molecule has 0 radical (unpaired) electrons. The third-order valence-electron chi connectivity index (χ3n) is 11.5. The minimum atomic E-state index is -0.445. The van der Waals surface area contributed by atoms with Gasteiger partial charge >= 0.3 is 17.9 Å². The Hall–Kier alpha value is -1.59. The minimum absolute atomic E-state index is 0.0388. The quantitative estimate of drug-likeness (QED) is 0.279. The van der Waals surface area contributed by atoms with Gasteiger partial charge in [-0.15, -0.1) is 0 Å². The molecule has 0 saturated heterocycles. The Morgan fingerprint density at radius 2 is 1.61 bits per heavy atom. The van der Waals surface area contributed by atoms with E-state index in [1.807, 2.05) is 20.8 Å². The average molecular weight is 533 g/mol. The fourth-order valence-electron chi connectivity index (χ4n) is 9.83. The number of rotatable bonds is 6. The Kier molecular flexibility index (Phi) is 8.33. The summed E-state index contributed by atoms with van der Waals surface area (Å²) in [6.07, 6.45) is 9.59. The maximum absolute atomic E-state index is 12.4. The molecule has 10 unspecified atom stereocenters. The number of carbonyl (C=O) groups excluding carboxylic acids is 3. The minimum Gasteiger partial charge on any atom is -0.469 e. The molecule has 0 spiro atoms. The number of esters is 3. The van der Waals surface area contributed by atoms with Crippen molar-refractivity contribution in [2.75, 3.05) is 7.11 Å². The van der Waals surface area contributed by atoms with Crippen LogP contribution in [0.25, 0.3) is 0 Å². The predicted molar refractivity (Wildman–Crippen MR) is 146 cm³/mol. The lowest BCUT2D eigenvalue weighted by atomic mass is 9.43. The third-order valence-corrected chi connectivity index (χ3v) is 11.5. The van der Waals surface area contributed by atoms with Crippen LogP contribution in [0.2, 0.25) is 0 Å². The second-order valence-electron chi connectivity index (χ2n) is 14.7. The van der Waals surface area contributed by atoms with E-state index in [0.29, 0.717) is 41.9 Å². The zero-order chi connectivity index (χ0) is 28.0. The highest BCUT2D eigenvalue weighted by molar-refractivity contribution is 5.72. The van der Waals surface area contributed by atoms with Crippen molar-refractivity contribution in [3.63, 3.8) is 0 Å². The summed E-state index contributed by atoms with van der Waals surface area (Å²) in [7, 11) is 1.49. The van der Waals surface area contributed by atoms with E-state index in [-0.39, 0.29) is 40.8 Å². The molecule has 0 amide bonds. The molecule has 4 saturated carbocycles. The van der Waals surface area contributed by atoms with Crippen LogP contribution < -0.4 is 0 Å². The van der Waals surface area contributed by atoms with E-state index in [9.17, 15) is 14.4 Å². The van der Waals surface area contributed by atoms with Crippen molar-refractivity contribution in [3.8, 4) is 0 Å². The summed E-state index contributed by atoms with van der Waals surface area (Å²) < 4.78 is 16.8. The molecule has 0 aromatic rings. The molecule has 38 heavy (non-hydrogen) atoms. The summed E-state index contributed by atoms with van der Waals surface area (Å²) in [6.45, 7) is 14.6. The van der Waals surface area contributed by atoms with Crippen molar-refractivity contribution in [2.24, 2.45) is 52.3 Å². The van der Waals surface area contributed by atoms with Gasteiger partial charge in [-0.2, -0.15) is 0 Å². The number of ether oxygens (including phenoxy) is 3. The molecule has 216 valence electrons. The van der Waals surface area contributed by atoms with Gasteiger partial charge in [0, 0.05) is 19.3 Å². The highest BCUT2D eigenvalue weighted by atomic mass is 16.6. The molecule has 4 aliphatic rings. The van der Waals surface area contributed by atoms with Gasteiger partial charge in [0.15, 0.2) is 0 Å². The molecule has 0 aromatic carbocycles. The number of hydrogen-bond acceptors (Lipinski definition) is 6. The van der Waals surface area contributed by atoms with Crippen LogP contribution in [0.1, 0.15) is 113 Å². The van der Waals surface area contributed by atoms with Crippen molar-refractivity contribution in [1.82, 2.24) is 0 Å². The van der Waals surface area contributed by atoms with Crippen LogP contribution in [-0.4, -0.2) is 36.7 Å².